The van der Waals surface area contributed by atoms with Crippen molar-refractivity contribution in [2.75, 3.05) is 7.11 Å². The largest absolute Gasteiger partial charge is 0.574 e. The molecule has 5 nitrogen and oxygen atoms in total. The van der Waals surface area contributed by atoms with Gasteiger partial charge in [0.05, 0.1) is 7.11 Å². The fourth-order valence-electron chi connectivity index (χ4n) is 1.19. The maximum absolute atomic E-state index is 12.4. The van der Waals surface area contributed by atoms with Gasteiger partial charge in [-0.1, -0.05) is 0 Å². The number of nitrogens with zero attached hydrogens (tertiary/aromatic N) is 1. The van der Waals surface area contributed by atoms with Crippen LogP contribution in [0.15, 0.2) is 6.07 Å². The summed E-state index contributed by atoms with van der Waals surface area (Å²) in [7, 11) is 0.791. The highest BCUT2D eigenvalue weighted by atomic mass is 19.4. The highest BCUT2D eigenvalue weighted by Crippen LogP contribution is 2.37. The molecule has 112 valence electrons. The maximum Gasteiger partial charge on any atom is 0.574 e. The van der Waals surface area contributed by atoms with Gasteiger partial charge >= 0.3 is 18.5 Å². The van der Waals surface area contributed by atoms with Crippen LogP contribution >= 0.6 is 0 Å². The lowest BCUT2D eigenvalue weighted by atomic mass is 10.2. The van der Waals surface area contributed by atoms with Crippen LogP contribution < -0.4 is 9.47 Å². The first-order chi connectivity index (χ1) is 8.95. The SMILES string of the molecule is COc1cc(C(F)(F)F)nc(OC(F)(F)F)c1C(=O)O. The van der Waals surface area contributed by atoms with E-state index in [1.54, 1.807) is 0 Å². The molecule has 0 radical (unpaired) electrons. The molecule has 1 aromatic rings. The highest BCUT2D eigenvalue weighted by Gasteiger charge is 2.39. The number of carboxylic acid groups (broad SMARTS) is 1. The molecule has 0 aromatic carbocycles. The van der Waals surface area contributed by atoms with Gasteiger partial charge < -0.3 is 14.6 Å². The van der Waals surface area contributed by atoms with E-state index in [2.05, 4.69) is 14.5 Å². The zero-order chi connectivity index (χ0) is 15.7. The lowest BCUT2D eigenvalue weighted by molar-refractivity contribution is -0.276. The second-order valence-corrected chi connectivity index (χ2v) is 3.24. The molecule has 0 spiro atoms. The smallest absolute Gasteiger partial charge is 0.496 e. The van der Waals surface area contributed by atoms with E-state index in [0.717, 1.165) is 7.11 Å². The van der Waals surface area contributed by atoms with E-state index in [4.69, 9.17) is 5.11 Å². The molecule has 1 aromatic heterocycles. The van der Waals surface area contributed by atoms with E-state index < -0.39 is 41.4 Å². The molecule has 0 aliphatic heterocycles. The number of halogens is 6. The molecule has 0 aliphatic rings. The van der Waals surface area contributed by atoms with Gasteiger partial charge in [0.1, 0.15) is 5.75 Å². The molecule has 1 N–H and O–H groups in total. The number of hydrogen-bond acceptors (Lipinski definition) is 4. The van der Waals surface area contributed by atoms with Crippen LogP contribution in [0.25, 0.3) is 0 Å². The van der Waals surface area contributed by atoms with E-state index in [9.17, 15) is 31.1 Å². The van der Waals surface area contributed by atoms with Gasteiger partial charge in [-0.05, 0) is 0 Å². The molecule has 0 unspecified atom stereocenters. The quantitative estimate of drug-likeness (QED) is 0.870. The number of carboxylic acids is 1. The van der Waals surface area contributed by atoms with Crippen LogP contribution in [0.3, 0.4) is 0 Å². The van der Waals surface area contributed by atoms with Crippen molar-refractivity contribution >= 4 is 5.97 Å². The van der Waals surface area contributed by atoms with Gasteiger partial charge in [-0.3, -0.25) is 0 Å². The molecule has 0 saturated heterocycles. The lowest BCUT2D eigenvalue weighted by Gasteiger charge is -2.15. The summed E-state index contributed by atoms with van der Waals surface area (Å²) in [4.78, 5) is 13.3. The summed E-state index contributed by atoms with van der Waals surface area (Å²) in [5.41, 5.74) is -3.04. The Morgan fingerprint density at radius 1 is 1.25 bits per heavy atom. The summed E-state index contributed by atoms with van der Waals surface area (Å²) < 4.78 is 81.1. The average molecular weight is 305 g/mol. The Morgan fingerprint density at radius 2 is 1.80 bits per heavy atom. The molecule has 0 amide bonds. The molecule has 0 fully saturated rings. The van der Waals surface area contributed by atoms with E-state index in [-0.39, 0.29) is 6.07 Å². The van der Waals surface area contributed by atoms with Crippen LogP contribution in [0, 0.1) is 0 Å². The van der Waals surface area contributed by atoms with Crippen LogP contribution in [-0.4, -0.2) is 29.5 Å². The van der Waals surface area contributed by atoms with E-state index in [1.165, 1.54) is 0 Å². The number of rotatable bonds is 3. The first kappa shape index (κ1) is 15.9. The zero-order valence-corrected chi connectivity index (χ0v) is 9.46. The minimum Gasteiger partial charge on any atom is -0.496 e. The summed E-state index contributed by atoms with van der Waals surface area (Å²) in [6.45, 7) is 0. The van der Waals surface area contributed by atoms with Gasteiger partial charge in [0.25, 0.3) is 0 Å². The Hall–Kier alpha value is -2.20. The van der Waals surface area contributed by atoms with Crippen molar-refractivity contribution in [1.82, 2.24) is 4.98 Å². The van der Waals surface area contributed by atoms with Crippen molar-refractivity contribution < 1.29 is 45.7 Å². The normalized spacial score (nSPS) is 12.2. The van der Waals surface area contributed by atoms with Gasteiger partial charge in [0.15, 0.2) is 11.3 Å². The van der Waals surface area contributed by atoms with Crippen LogP contribution in [0.4, 0.5) is 26.3 Å². The Bertz CT molecular complexity index is 524. The zero-order valence-electron chi connectivity index (χ0n) is 9.46. The average Bonchev–Trinajstić information content (AvgIpc) is 2.23. The van der Waals surface area contributed by atoms with Crippen molar-refractivity contribution in [1.29, 1.82) is 0 Å². The first-order valence-corrected chi connectivity index (χ1v) is 4.61. The second-order valence-electron chi connectivity index (χ2n) is 3.24. The third-order valence-electron chi connectivity index (χ3n) is 1.89. The standard InChI is InChI=1S/C9H5F6NO4/c1-19-3-2-4(8(10,11)12)16-6(5(3)7(17)18)20-9(13,14)15/h2H,1H3,(H,17,18). The van der Waals surface area contributed by atoms with Gasteiger partial charge in [-0.2, -0.15) is 13.2 Å². The molecule has 0 bridgehead atoms. The third kappa shape index (κ3) is 3.65. The summed E-state index contributed by atoms with van der Waals surface area (Å²) in [6.07, 6.45) is -10.5. The van der Waals surface area contributed by atoms with Crippen molar-refractivity contribution in [3.05, 3.63) is 17.3 Å². The third-order valence-corrected chi connectivity index (χ3v) is 1.89. The van der Waals surface area contributed by atoms with Crippen LogP contribution in [0.1, 0.15) is 16.1 Å². The maximum atomic E-state index is 12.4. The summed E-state index contributed by atoms with van der Waals surface area (Å²) in [6, 6.07) is 0.159. The molecular formula is C9H5F6NO4. The molecule has 1 heterocycles. The van der Waals surface area contributed by atoms with E-state index in [0.29, 0.717) is 0 Å². The second kappa shape index (κ2) is 5.06. The van der Waals surface area contributed by atoms with Crippen molar-refractivity contribution in [3.8, 4) is 11.6 Å². The van der Waals surface area contributed by atoms with E-state index in [1.807, 2.05) is 0 Å². The van der Waals surface area contributed by atoms with Crippen molar-refractivity contribution in [3.63, 3.8) is 0 Å². The summed E-state index contributed by atoms with van der Waals surface area (Å²) in [5, 5.41) is 8.72. The predicted molar refractivity (Wildman–Crippen MR) is 49.4 cm³/mol. The Labute approximate surface area is 106 Å². The summed E-state index contributed by atoms with van der Waals surface area (Å²) in [5.74, 6) is -4.70. The van der Waals surface area contributed by atoms with Crippen molar-refractivity contribution in [2.24, 2.45) is 0 Å². The lowest BCUT2D eigenvalue weighted by Crippen LogP contribution is -2.22. The number of hydrogen-bond donors (Lipinski definition) is 1. The Balaban J connectivity index is 3.54. The minimum atomic E-state index is -5.41. The summed E-state index contributed by atoms with van der Waals surface area (Å²) >= 11 is 0. The molecular weight excluding hydrogens is 300 g/mol. The monoisotopic (exact) mass is 305 g/mol. The van der Waals surface area contributed by atoms with Gasteiger partial charge in [-0.25, -0.2) is 9.78 Å². The first-order valence-electron chi connectivity index (χ1n) is 4.61. The fourth-order valence-corrected chi connectivity index (χ4v) is 1.19. The highest BCUT2D eigenvalue weighted by molar-refractivity contribution is 5.93. The number of aromatic carboxylic acids is 1. The van der Waals surface area contributed by atoms with Crippen LogP contribution in [0.5, 0.6) is 11.6 Å². The molecule has 0 atom stereocenters. The number of aromatic nitrogens is 1. The topological polar surface area (TPSA) is 68.7 Å². The van der Waals surface area contributed by atoms with Gasteiger partial charge in [0, 0.05) is 6.07 Å². The van der Waals surface area contributed by atoms with Crippen LogP contribution in [-0.2, 0) is 6.18 Å². The Kier molecular flexibility index (Phi) is 4.01. The number of ether oxygens (including phenoxy) is 2. The van der Waals surface area contributed by atoms with Gasteiger partial charge in [-0.15, -0.1) is 13.2 Å². The molecule has 20 heavy (non-hydrogen) atoms. The predicted octanol–water partition coefficient (Wildman–Crippen LogP) is 2.71. The Morgan fingerprint density at radius 3 is 2.15 bits per heavy atom. The molecule has 0 saturated carbocycles. The van der Waals surface area contributed by atoms with E-state index >= 15 is 0 Å². The minimum absolute atomic E-state index is 0.159. The van der Waals surface area contributed by atoms with Gasteiger partial charge in [0.2, 0.25) is 5.88 Å². The molecule has 0 aliphatic carbocycles. The molecule has 11 heteroatoms. The van der Waals surface area contributed by atoms with Crippen LogP contribution in [0.2, 0.25) is 0 Å². The fraction of sp³-hybridized carbons (Fsp3) is 0.333. The number of carbonyl (C=O) groups is 1. The molecule has 1 rings (SSSR count). The number of pyridine rings is 1. The van der Waals surface area contributed by atoms with Crippen molar-refractivity contribution in [2.45, 2.75) is 12.5 Å². The number of alkyl halides is 6. The number of methoxy groups -OCH3 is 1.